The van der Waals surface area contributed by atoms with Crippen LogP contribution >= 0.6 is 23.2 Å². The lowest BCUT2D eigenvalue weighted by atomic mass is 10.1. The van der Waals surface area contributed by atoms with Crippen LogP contribution in [0.25, 0.3) is 0 Å². The maximum absolute atomic E-state index is 12.4. The molecular formula is C19H22Cl2N2O5. The van der Waals surface area contributed by atoms with E-state index in [-0.39, 0.29) is 31.2 Å². The molecule has 7 nitrogen and oxygen atoms in total. The fraction of sp³-hybridized carbons (Fsp3) is 0.421. The summed E-state index contributed by atoms with van der Waals surface area (Å²) in [5, 5.41) is 5.18. The van der Waals surface area contributed by atoms with E-state index in [2.05, 4.69) is 5.10 Å². The number of carbonyl (C=O) groups excluding carboxylic acids is 2. The van der Waals surface area contributed by atoms with E-state index in [0.717, 1.165) is 0 Å². The monoisotopic (exact) mass is 428 g/mol. The Kier molecular flexibility index (Phi) is 7.71. The molecule has 2 aromatic rings. The van der Waals surface area contributed by atoms with E-state index in [0.29, 0.717) is 27.2 Å². The minimum Gasteiger partial charge on any atom is -0.469 e. The minimum atomic E-state index is -0.587. The lowest BCUT2D eigenvalue weighted by Gasteiger charge is -2.14. The number of rotatable bonds is 8. The third-order valence-corrected chi connectivity index (χ3v) is 4.21. The summed E-state index contributed by atoms with van der Waals surface area (Å²) in [6, 6.07) is 4.65. The first kappa shape index (κ1) is 22.0. The molecule has 0 bridgehead atoms. The summed E-state index contributed by atoms with van der Waals surface area (Å²) in [5.74, 6) is -0.297. The van der Waals surface area contributed by atoms with Gasteiger partial charge in [-0.05, 0) is 45.4 Å². The van der Waals surface area contributed by atoms with Gasteiger partial charge in [0.15, 0.2) is 5.69 Å². The lowest BCUT2D eigenvalue weighted by Crippen LogP contribution is -2.10. The highest BCUT2D eigenvalue weighted by Crippen LogP contribution is 2.34. The van der Waals surface area contributed by atoms with Crippen LogP contribution in [0, 0.1) is 0 Å². The molecule has 0 aliphatic heterocycles. The normalized spacial score (nSPS) is 10.8. The van der Waals surface area contributed by atoms with Gasteiger partial charge in [-0.1, -0.05) is 23.2 Å². The highest BCUT2D eigenvalue weighted by molar-refractivity contribution is 6.34. The Labute approximate surface area is 173 Å². The van der Waals surface area contributed by atoms with Gasteiger partial charge in [0.25, 0.3) is 0 Å². The fourth-order valence-electron chi connectivity index (χ4n) is 2.53. The summed E-state index contributed by atoms with van der Waals surface area (Å²) in [6.45, 7) is 5.69. The SMILES string of the molecule is CCOC(=O)c1nn(C(C)C)c(Oc2cc(Cl)cc(Cl)c2)c1CCC(=O)OC. The first-order valence-electron chi connectivity index (χ1n) is 8.76. The average Bonchev–Trinajstić information content (AvgIpc) is 2.97. The molecule has 0 amide bonds. The van der Waals surface area contributed by atoms with Gasteiger partial charge in [-0.25, -0.2) is 9.48 Å². The van der Waals surface area contributed by atoms with Crippen LogP contribution in [0.3, 0.4) is 0 Å². The molecule has 1 heterocycles. The molecule has 9 heteroatoms. The van der Waals surface area contributed by atoms with Crippen LogP contribution in [0.15, 0.2) is 18.2 Å². The Morgan fingerprint density at radius 1 is 1.18 bits per heavy atom. The van der Waals surface area contributed by atoms with Crippen LogP contribution in [0.1, 0.15) is 49.3 Å². The molecule has 0 aliphatic rings. The summed E-state index contributed by atoms with van der Waals surface area (Å²) in [4.78, 5) is 24.1. The van der Waals surface area contributed by atoms with Crippen molar-refractivity contribution in [3.05, 3.63) is 39.5 Å². The van der Waals surface area contributed by atoms with Gasteiger partial charge in [-0.15, -0.1) is 0 Å². The Morgan fingerprint density at radius 3 is 2.36 bits per heavy atom. The lowest BCUT2D eigenvalue weighted by molar-refractivity contribution is -0.140. The molecule has 1 aromatic heterocycles. The molecule has 152 valence electrons. The second-order valence-corrected chi connectivity index (χ2v) is 7.05. The van der Waals surface area contributed by atoms with Crippen molar-refractivity contribution in [1.82, 2.24) is 9.78 Å². The summed E-state index contributed by atoms with van der Waals surface area (Å²) < 4.78 is 17.4. The van der Waals surface area contributed by atoms with Crippen molar-refractivity contribution in [1.29, 1.82) is 0 Å². The Morgan fingerprint density at radius 2 is 1.82 bits per heavy atom. The summed E-state index contributed by atoms with van der Waals surface area (Å²) in [7, 11) is 1.30. The largest absolute Gasteiger partial charge is 0.469 e. The molecule has 0 spiro atoms. The highest BCUT2D eigenvalue weighted by Gasteiger charge is 2.27. The number of hydrogen-bond acceptors (Lipinski definition) is 6. The van der Waals surface area contributed by atoms with Crippen molar-refractivity contribution in [3.8, 4) is 11.6 Å². The average molecular weight is 429 g/mol. The van der Waals surface area contributed by atoms with Crippen LogP contribution in [0.4, 0.5) is 0 Å². The number of esters is 2. The number of aromatic nitrogens is 2. The van der Waals surface area contributed by atoms with E-state index in [9.17, 15) is 9.59 Å². The van der Waals surface area contributed by atoms with Crippen LogP contribution in [-0.4, -0.2) is 35.4 Å². The summed E-state index contributed by atoms with van der Waals surface area (Å²) in [5.41, 5.74) is 0.552. The second-order valence-electron chi connectivity index (χ2n) is 6.17. The predicted molar refractivity (Wildman–Crippen MR) is 105 cm³/mol. The van der Waals surface area contributed by atoms with E-state index < -0.39 is 11.9 Å². The first-order chi connectivity index (χ1) is 13.3. The standard InChI is InChI=1S/C19H22Cl2N2O5/c1-5-27-19(25)17-15(6-7-16(24)26-4)18(23(22-17)11(2)3)28-14-9-12(20)8-13(21)10-14/h8-11H,5-7H2,1-4H3. The number of hydrogen-bond donors (Lipinski definition) is 0. The van der Waals surface area contributed by atoms with E-state index >= 15 is 0 Å². The topological polar surface area (TPSA) is 79.6 Å². The zero-order chi connectivity index (χ0) is 20.8. The fourth-order valence-corrected chi connectivity index (χ4v) is 3.03. The van der Waals surface area contributed by atoms with E-state index in [1.807, 2.05) is 13.8 Å². The van der Waals surface area contributed by atoms with Crippen molar-refractivity contribution in [2.75, 3.05) is 13.7 Å². The Hall–Kier alpha value is -2.25. The van der Waals surface area contributed by atoms with Crippen molar-refractivity contribution < 1.29 is 23.8 Å². The third-order valence-electron chi connectivity index (χ3n) is 3.78. The number of methoxy groups -OCH3 is 1. The summed E-state index contributed by atoms with van der Waals surface area (Å²) in [6.07, 6.45) is 0.247. The van der Waals surface area contributed by atoms with Crippen molar-refractivity contribution >= 4 is 35.1 Å². The quantitative estimate of drug-likeness (QED) is 0.559. The molecule has 2 rings (SSSR count). The smallest absolute Gasteiger partial charge is 0.359 e. The van der Waals surface area contributed by atoms with E-state index in [1.54, 1.807) is 29.8 Å². The van der Waals surface area contributed by atoms with Gasteiger partial charge < -0.3 is 14.2 Å². The number of benzene rings is 1. The van der Waals surface area contributed by atoms with Crippen LogP contribution in [0.2, 0.25) is 10.0 Å². The highest BCUT2D eigenvalue weighted by atomic mass is 35.5. The Bertz CT molecular complexity index is 844. The first-order valence-corrected chi connectivity index (χ1v) is 9.51. The van der Waals surface area contributed by atoms with Crippen LogP contribution < -0.4 is 4.74 Å². The molecule has 0 unspecified atom stereocenters. The zero-order valence-electron chi connectivity index (χ0n) is 16.1. The minimum absolute atomic E-state index is 0.0549. The number of ether oxygens (including phenoxy) is 3. The zero-order valence-corrected chi connectivity index (χ0v) is 17.6. The molecule has 0 aliphatic carbocycles. The van der Waals surface area contributed by atoms with E-state index in [4.69, 9.17) is 37.4 Å². The molecule has 0 saturated heterocycles. The Balaban J connectivity index is 2.54. The maximum Gasteiger partial charge on any atom is 0.359 e. The number of nitrogens with zero attached hydrogens (tertiary/aromatic N) is 2. The van der Waals surface area contributed by atoms with Crippen molar-refractivity contribution in [2.45, 2.75) is 39.7 Å². The van der Waals surface area contributed by atoms with Gasteiger partial charge >= 0.3 is 11.9 Å². The van der Waals surface area contributed by atoms with Gasteiger partial charge in [0, 0.05) is 22.0 Å². The van der Waals surface area contributed by atoms with E-state index in [1.165, 1.54) is 7.11 Å². The maximum atomic E-state index is 12.4. The van der Waals surface area contributed by atoms with Gasteiger partial charge in [0.1, 0.15) is 5.75 Å². The molecule has 0 N–H and O–H groups in total. The van der Waals surface area contributed by atoms with Gasteiger partial charge in [0.2, 0.25) is 5.88 Å². The molecule has 0 atom stereocenters. The predicted octanol–water partition coefficient (Wildman–Crippen LogP) is 4.85. The number of halogens is 2. The van der Waals surface area contributed by atoms with Crippen LogP contribution in [0.5, 0.6) is 11.6 Å². The third kappa shape index (κ3) is 5.39. The van der Waals surface area contributed by atoms with Crippen LogP contribution in [-0.2, 0) is 20.7 Å². The molecule has 0 radical (unpaired) electrons. The number of carbonyl (C=O) groups is 2. The van der Waals surface area contributed by atoms with Crippen molar-refractivity contribution in [3.63, 3.8) is 0 Å². The summed E-state index contributed by atoms with van der Waals surface area (Å²) >= 11 is 12.1. The van der Waals surface area contributed by atoms with Gasteiger partial charge in [-0.3, -0.25) is 4.79 Å². The second kappa shape index (κ2) is 9.80. The molecular weight excluding hydrogens is 407 g/mol. The molecule has 0 saturated carbocycles. The van der Waals surface area contributed by atoms with Gasteiger partial charge in [0.05, 0.1) is 19.8 Å². The molecule has 28 heavy (non-hydrogen) atoms. The molecule has 1 aromatic carbocycles. The molecule has 0 fully saturated rings. The van der Waals surface area contributed by atoms with Gasteiger partial charge in [-0.2, -0.15) is 5.10 Å². The van der Waals surface area contributed by atoms with Crippen molar-refractivity contribution in [2.24, 2.45) is 0 Å².